The van der Waals surface area contributed by atoms with E-state index in [-0.39, 0.29) is 5.91 Å². The van der Waals surface area contributed by atoms with Crippen LogP contribution in [-0.4, -0.2) is 26.1 Å². The van der Waals surface area contributed by atoms with Gasteiger partial charge in [-0.2, -0.15) is 0 Å². The molecule has 0 spiro atoms. The molecule has 1 saturated heterocycles. The van der Waals surface area contributed by atoms with E-state index in [0.717, 1.165) is 28.9 Å². The number of methoxy groups -OCH3 is 1. The van der Waals surface area contributed by atoms with E-state index in [1.165, 1.54) is 12.8 Å². The van der Waals surface area contributed by atoms with E-state index in [4.69, 9.17) is 4.74 Å². The highest BCUT2D eigenvalue weighted by Gasteiger charge is 2.17. The summed E-state index contributed by atoms with van der Waals surface area (Å²) in [6.45, 7) is 2.09. The van der Waals surface area contributed by atoms with Crippen LogP contribution in [0.3, 0.4) is 0 Å². The van der Waals surface area contributed by atoms with Crippen molar-refractivity contribution in [1.29, 1.82) is 0 Å². The Morgan fingerprint density at radius 3 is 2.61 bits per heavy atom. The number of ether oxygens (including phenoxy) is 1. The predicted molar refractivity (Wildman–Crippen MR) is 96.5 cm³/mol. The Labute approximate surface area is 144 Å². The van der Waals surface area contributed by atoms with Crippen molar-refractivity contribution < 1.29 is 9.53 Å². The highest BCUT2D eigenvalue weighted by molar-refractivity contribution is 9.10. The molecule has 1 fully saturated rings. The summed E-state index contributed by atoms with van der Waals surface area (Å²) in [5, 5.41) is 3.03. The van der Waals surface area contributed by atoms with E-state index in [1.54, 1.807) is 25.3 Å². The summed E-state index contributed by atoms with van der Waals surface area (Å²) in [7, 11) is 1.60. The molecule has 0 aliphatic carbocycles. The molecule has 0 atom stereocenters. The fourth-order valence-electron chi connectivity index (χ4n) is 2.82. The Morgan fingerprint density at radius 1 is 1.17 bits per heavy atom. The van der Waals surface area contributed by atoms with Gasteiger partial charge in [0.1, 0.15) is 5.75 Å². The summed E-state index contributed by atoms with van der Waals surface area (Å²) in [6, 6.07) is 13.3. The maximum Gasteiger partial charge on any atom is 0.255 e. The number of benzene rings is 2. The molecule has 0 unspecified atom stereocenters. The Morgan fingerprint density at radius 2 is 1.91 bits per heavy atom. The summed E-state index contributed by atoms with van der Waals surface area (Å²) >= 11 is 3.42. The first kappa shape index (κ1) is 15.9. The molecule has 0 bridgehead atoms. The van der Waals surface area contributed by atoms with Crippen LogP contribution in [0.25, 0.3) is 0 Å². The molecule has 1 N–H and O–H groups in total. The predicted octanol–water partition coefficient (Wildman–Crippen LogP) is 4.31. The molecule has 23 heavy (non-hydrogen) atoms. The third-order valence-electron chi connectivity index (χ3n) is 4.01. The maximum atomic E-state index is 12.5. The van der Waals surface area contributed by atoms with Crippen molar-refractivity contribution in [3.8, 4) is 5.75 Å². The molecule has 2 aromatic rings. The minimum Gasteiger partial charge on any atom is -0.496 e. The average Bonchev–Trinajstić information content (AvgIpc) is 3.09. The second kappa shape index (κ2) is 7.04. The fourth-order valence-corrected chi connectivity index (χ4v) is 3.36. The molecule has 1 heterocycles. The van der Waals surface area contributed by atoms with Crippen LogP contribution in [0, 0.1) is 0 Å². The molecule has 3 rings (SSSR count). The topological polar surface area (TPSA) is 41.6 Å². The Kier molecular flexibility index (Phi) is 4.86. The number of amides is 1. The van der Waals surface area contributed by atoms with E-state index in [0.29, 0.717) is 11.3 Å². The number of nitrogens with one attached hydrogen (secondary N) is 1. The van der Waals surface area contributed by atoms with Gasteiger partial charge in [-0.05, 0) is 59.1 Å². The molecule has 2 aromatic carbocycles. The van der Waals surface area contributed by atoms with Gasteiger partial charge in [-0.25, -0.2) is 0 Å². The zero-order valence-electron chi connectivity index (χ0n) is 13.0. The Balaban J connectivity index is 1.81. The Hall–Kier alpha value is -2.01. The van der Waals surface area contributed by atoms with Gasteiger partial charge in [0.15, 0.2) is 0 Å². The lowest BCUT2D eigenvalue weighted by Crippen LogP contribution is -2.21. The second-order valence-corrected chi connectivity index (χ2v) is 6.37. The number of carbonyl (C=O) groups is 1. The minimum atomic E-state index is -0.125. The molecule has 0 radical (unpaired) electrons. The molecule has 1 aliphatic heterocycles. The van der Waals surface area contributed by atoms with Crippen LogP contribution in [-0.2, 0) is 0 Å². The number of hydrogen-bond acceptors (Lipinski definition) is 3. The van der Waals surface area contributed by atoms with Crippen LogP contribution in [0.2, 0.25) is 0 Å². The van der Waals surface area contributed by atoms with Gasteiger partial charge < -0.3 is 15.0 Å². The molecule has 1 aliphatic rings. The highest BCUT2D eigenvalue weighted by atomic mass is 79.9. The highest BCUT2D eigenvalue weighted by Crippen LogP contribution is 2.30. The van der Waals surface area contributed by atoms with Crippen LogP contribution in [0.1, 0.15) is 23.2 Å². The van der Waals surface area contributed by atoms with Gasteiger partial charge in [-0.3, -0.25) is 4.79 Å². The van der Waals surface area contributed by atoms with E-state index < -0.39 is 0 Å². The number of rotatable bonds is 4. The number of anilines is 2. The van der Waals surface area contributed by atoms with Gasteiger partial charge in [-0.1, -0.05) is 12.1 Å². The van der Waals surface area contributed by atoms with Crippen molar-refractivity contribution >= 4 is 33.2 Å². The molecule has 0 aromatic heterocycles. The van der Waals surface area contributed by atoms with Gasteiger partial charge in [0.05, 0.1) is 23.0 Å². The lowest BCUT2D eigenvalue weighted by molar-refractivity contribution is 0.102. The monoisotopic (exact) mass is 374 g/mol. The summed E-state index contributed by atoms with van der Waals surface area (Å²) in [5.74, 6) is 0.582. The molecule has 5 heteroatoms. The van der Waals surface area contributed by atoms with Crippen molar-refractivity contribution in [1.82, 2.24) is 0 Å². The van der Waals surface area contributed by atoms with Crippen molar-refractivity contribution in [2.45, 2.75) is 12.8 Å². The van der Waals surface area contributed by atoms with E-state index in [2.05, 4.69) is 32.2 Å². The first-order valence-electron chi connectivity index (χ1n) is 7.68. The number of nitrogens with zero attached hydrogens (tertiary/aromatic N) is 1. The fraction of sp³-hybridized carbons (Fsp3) is 0.278. The quantitative estimate of drug-likeness (QED) is 0.866. The van der Waals surface area contributed by atoms with Gasteiger partial charge in [0, 0.05) is 18.7 Å². The molecule has 1 amide bonds. The van der Waals surface area contributed by atoms with Crippen molar-refractivity contribution in [2.75, 3.05) is 30.4 Å². The van der Waals surface area contributed by atoms with Crippen LogP contribution < -0.4 is 15.0 Å². The zero-order chi connectivity index (χ0) is 16.2. The van der Waals surface area contributed by atoms with Crippen LogP contribution in [0.4, 0.5) is 11.4 Å². The largest absolute Gasteiger partial charge is 0.496 e. The summed E-state index contributed by atoms with van der Waals surface area (Å²) in [5.41, 5.74) is 2.53. The zero-order valence-corrected chi connectivity index (χ0v) is 14.6. The normalized spacial score (nSPS) is 13.9. The first-order chi connectivity index (χ1) is 11.2. The minimum absolute atomic E-state index is 0.125. The smallest absolute Gasteiger partial charge is 0.255 e. The molecular weight excluding hydrogens is 356 g/mol. The number of hydrogen-bond donors (Lipinski definition) is 1. The van der Waals surface area contributed by atoms with E-state index >= 15 is 0 Å². The standard InChI is InChI=1S/C18H19BrN2O2/c1-23-17-9-8-13(12-14(17)19)18(22)20-15-6-2-3-7-16(15)21-10-4-5-11-21/h2-3,6-9,12H,4-5,10-11H2,1H3,(H,20,22). The third-order valence-corrected chi connectivity index (χ3v) is 4.63. The second-order valence-electron chi connectivity index (χ2n) is 5.51. The van der Waals surface area contributed by atoms with Gasteiger partial charge in [0.2, 0.25) is 0 Å². The van der Waals surface area contributed by atoms with Crippen molar-refractivity contribution in [3.05, 3.63) is 52.5 Å². The van der Waals surface area contributed by atoms with Crippen molar-refractivity contribution in [2.24, 2.45) is 0 Å². The molecular formula is C18H19BrN2O2. The van der Waals surface area contributed by atoms with Gasteiger partial charge in [0.25, 0.3) is 5.91 Å². The molecule has 4 nitrogen and oxygen atoms in total. The lowest BCUT2D eigenvalue weighted by atomic mass is 10.2. The van der Waals surface area contributed by atoms with Crippen LogP contribution >= 0.6 is 15.9 Å². The summed E-state index contributed by atoms with van der Waals surface area (Å²) in [4.78, 5) is 14.9. The number of para-hydroxylation sites is 2. The average molecular weight is 375 g/mol. The first-order valence-corrected chi connectivity index (χ1v) is 8.47. The van der Waals surface area contributed by atoms with Crippen LogP contribution in [0.5, 0.6) is 5.75 Å². The summed E-state index contributed by atoms with van der Waals surface area (Å²) in [6.07, 6.45) is 2.40. The van der Waals surface area contributed by atoms with Gasteiger partial charge >= 0.3 is 0 Å². The van der Waals surface area contributed by atoms with Crippen molar-refractivity contribution in [3.63, 3.8) is 0 Å². The lowest BCUT2D eigenvalue weighted by Gasteiger charge is -2.21. The molecule has 0 saturated carbocycles. The van der Waals surface area contributed by atoms with Crippen LogP contribution in [0.15, 0.2) is 46.9 Å². The third kappa shape index (κ3) is 3.50. The van der Waals surface area contributed by atoms with E-state index in [9.17, 15) is 4.79 Å². The number of carbonyl (C=O) groups excluding carboxylic acids is 1. The van der Waals surface area contributed by atoms with E-state index in [1.807, 2.05) is 18.2 Å². The SMILES string of the molecule is COc1ccc(C(=O)Nc2ccccc2N2CCCC2)cc1Br. The van der Waals surface area contributed by atoms with Gasteiger partial charge in [-0.15, -0.1) is 0 Å². The molecule has 120 valence electrons. The number of halogens is 1. The Bertz CT molecular complexity index is 712. The summed E-state index contributed by atoms with van der Waals surface area (Å²) < 4.78 is 5.96. The maximum absolute atomic E-state index is 12.5.